The summed E-state index contributed by atoms with van der Waals surface area (Å²) >= 11 is 0. The van der Waals surface area contributed by atoms with Gasteiger partial charge in [-0.15, -0.1) is 0 Å². The fraction of sp³-hybridized carbons (Fsp3) is 0.588. The van der Waals surface area contributed by atoms with Gasteiger partial charge in [0.05, 0.1) is 14.2 Å². The third kappa shape index (κ3) is 5.76. The zero-order valence-corrected chi connectivity index (χ0v) is 13.5. The van der Waals surface area contributed by atoms with Crippen molar-refractivity contribution >= 4 is 5.97 Å². The van der Waals surface area contributed by atoms with Crippen LogP contribution in [-0.4, -0.2) is 32.3 Å². The number of carbonyl (C=O) groups is 1. The Morgan fingerprint density at radius 2 is 2.00 bits per heavy atom. The van der Waals surface area contributed by atoms with Crippen LogP contribution in [0.3, 0.4) is 0 Å². The van der Waals surface area contributed by atoms with Crippen LogP contribution in [0.1, 0.15) is 38.7 Å². The van der Waals surface area contributed by atoms with Crippen molar-refractivity contribution in [3.8, 4) is 5.75 Å². The van der Waals surface area contributed by atoms with Gasteiger partial charge in [-0.2, -0.15) is 0 Å². The number of unbranched alkanes of at least 4 members (excludes halogenated alkanes) is 1. The summed E-state index contributed by atoms with van der Waals surface area (Å²) in [7, 11) is 3.11. The molecular weight excluding hydrogens is 266 g/mol. The topological polar surface area (TPSA) is 47.6 Å². The highest BCUT2D eigenvalue weighted by atomic mass is 16.5. The average molecular weight is 293 g/mol. The highest BCUT2D eigenvalue weighted by Crippen LogP contribution is 2.19. The van der Waals surface area contributed by atoms with Gasteiger partial charge in [0.15, 0.2) is 0 Å². The maximum atomic E-state index is 11.8. The van der Waals surface area contributed by atoms with Gasteiger partial charge in [-0.05, 0) is 31.4 Å². The van der Waals surface area contributed by atoms with E-state index in [1.165, 1.54) is 7.11 Å². The number of esters is 1. The van der Waals surface area contributed by atoms with Crippen molar-refractivity contribution in [2.24, 2.45) is 0 Å². The summed E-state index contributed by atoms with van der Waals surface area (Å²) in [6.45, 7) is 4.20. The van der Waals surface area contributed by atoms with Crippen LogP contribution < -0.4 is 10.1 Å². The monoisotopic (exact) mass is 293 g/mol. The van der Waals surface area contributed by atoms with E-state index in [1.807, 2.05) is 18.2 Å². The van der Waals surface area contributed by atoms with Gasteiger partial charge >= 0.3 is 5.97 Å². The second-order valence-corrected chi connectivity index (χ2v) is 5.30. The Morgan fingerprint density at radius 1 is 1.29 bits per heavy atom. The van der Waals surface area contributed by atoms with Gasteiger partial charge in [-0.25, -0.2) is 0 Å². The molecule has 2 atom stereocenters. The standard InChI is InChI=1S/C17H27NO3/c1-5-6-10-15(17(19)21-4)18-13(2)12-14-9-7-8-11-16(14)20-3/h7-9,11,13,15,18H,5-6,10,12H2,1-4H3/t13-,15-/m1/s1. The summed E-state index contributed by atoms with van der Waals surface area (Å²) in [6, 6.07) is 7.90. The first kappa shape index (κ1) is 17.5. The Bertz CT molecular complexity index is 434. The summed E-state index contributed by atoms with van der Waals surface area (Å²) in [5.41, 5.74) is 1.14. The number of nitrogens with one attached hydrogen (secondary N) is 1. The molecule has 0 aliphatic rings. The molecule has 0 radical (unpaired) electrons. The smallest absolute Gasteiger partial charge is 0.322 e. The molecule has 0 bridgehead atoms. The molecule has 4 heteroatoms. The molecule has 0 unspecified atom stereocenters. The van der Waals surface area contributed by atoms with E-state index in [0.29, 0.717) is 0 Å². The van der Waals surface area contributed by atoms with E-state index in [2.05, 4.69) is 25.2 Å². The van der Waals surface area contributed by atoms with Crippen LogP contribution in [0.15, 0.2) is 24.3 Å². The first-order chi connectivity index (χ1) is 10.1. The predicted molar refractivity (Wildman–Crippen MR) is 84.6 cm³/mol. The predicted octanol–water partition coefficient (Wildman–Crippen LogP) is 2.95. The van der Waals surface area contributed by atoms with Gasteiger partial charge in [-0.3, -0.25) is 4.79 Å². The summed E-state index contributed by atoms with van der Waals surface area (Å²) < 4.78 is 10.2. The lowest BCUT2D eigenvalue weighted by atomic mass is 10.0. The number of hydrogen-bond donors (Lipinski definition) is 1. The lowest BCUT2D eigenvalue weighted by Crippen LogP contribution is -2.43. The molecule has 1 aromatic carbocycles. The molecule has 0 saturated carbocycles. The number of hydrogen-bond acceptors (Lipinski definition) is 4. The maximum Gasteiger partial charge on any atom is 0.322 e. The Balaban J connectivity index is 2.64. The third-order valence-electron chi connectivity index (χ3n) is 3.54. The van der Waals surface area contributed by atoms with Crippen molar-refractivity contribution in [2.75, 3.05) is 14.2 Å². The minimum Gasteiger partial charge on any atom is -0.496 e. The summed E-state index contributed by atoms with van der Waals surface area (Å²) in [5, 5.41) is 3.37. The molecule has 0 aliphatic heterocycles. The van der Waals surface area contributed by atoms with Crippen molar-refractivity contribution in [3.63, 3.8) is 0 Å². The van der Waals surface area contributed by atoms with Crippen molar-refractivity contribution in [3.05, 3.63) is 29.8 Å². The van der Waals surface area contributed by atoms with Gasteiger partial charge in [-0.1, -0.05) is 38.0 Å². The van der Waals surface area contributed by atoms with Gasteiger partial charge in [0, 0.05) is 6.04 Å². The van der Waals surface area contributed by atoms with E-state index < -0.39 is 0 Å². The molecule has 0 aromatic heterocycles. The van der Waals surface area contributed by atoms with Crippen LogP contribution in [0.2, 0.25) is 0 Å². The second kappa shape index (κ2) is 9.40. The van der Waals surface area contributed by atoms with E-state index in [-0.39, 0.29) is 18.1 Å². The number of benzene rings is 1. The molecule has 0 fully saturated rings. The second-order valence-electron chi connectivity index (χ2n) is 5.30. The highest BCUT2D eigenvalue weighted by molar-refractivity contribution is 5.75. The number of carbonyl (C=O) groups excluding carboxylic acids is 1. The number of ether oxygens (including phenoxy) is 2. The zero-order valence-electron chi connectivity index (χ0n) is 13.5. The van der Waals surface area contributed by atoms with Gasteiger partial charge < -0.3 is 14.8 Å². The van der Waals surface area contributed by atoms with E-state index in [1.54, 1.807) is 7.11 Å². The van der Waals surface area contributed by atoms with Crippen LogP contribution in [0.4, 0.5) is 0 Å². The molecule has 118 valence electrons. The van der Waals surface area contributed by atoms with Gasteiger partial charge in [0.25, 0.3) is 0 Å². The molecule has 0 spiro atoms. The largest absolute Gasteiger partial charge is 0.496 e. The Morgan fingerprint density at radius 3 is 2.62 bits per heavy atom. The number of rotatable bonds is 9. The molecule has 1 N–H and O–H groups in total. The Labute approximate surface area is 127 Å². The molecule has 21 heavy (non-hydrogen) atoms. The maximum absolute atomic E-state index is 11.8. The molecule has 0 amide bonds. The van der Waals surface area contributed by atoms with Crippen LogP contribution in [0.25, 0.3) is 0 Å². The summed E-state index contributed by atoms with van der Waals surface area (Å²) in [6.07, 6.45) is 3.69. The first-order valence-corrected chi connectivity index (χ1v) is 7.58. The molecular formula is C17H27NO3. The lowest BCUT2D eigenvalue weighted by molar-refractivity contribution is -0.143. The van der Waals surface area contributed by atoms with Crippen LogP contribution in [0, 0.1) is 0 Å². The van der Waals surface area contributed by atoms with Gasteiger partial charge in [0.2, 0.25) is 0 Å². The number of para-hydroxylation sites is 1. The molecule has 0 heterocycles. The molecule has 4 nitrogen and oxygen atoms in total. The van der Waals surface area contributed by atoms with E-state index in [9.17, 15) is 4.79 Å². The Hall–Kier alpha value is -1.55. The highest BCUT2D eigenvalue weighted by Gasteiger charge is 2.21. The third-order valence-corrected chi connectivity index (χ3v) is 3.54. The van der Waals surface area contributed by atoms with Crippen molar-refractivity contribution in [2.45, 2.75) is 51.6 Å². The summed E-state index contributed by atoms with van der Waals surface area (Å²) in [4.78, 5) is 11.8. The fourth-order valence-corrected chi connectivity index (χ4v) is 2.42. The zero-order chi connectivity index (χ0) is 15.7. The van der Waals surface area contributed by atoms with Crippen molar-refractivity contribution in [1.29, 1.82) is 0 Å². The molecule has 0 aliphatic carbocycles. The summed E-state index contributed by atoms with van der Waals surface area (Å²) in [5.74, 6) is 0.699. The van der Waals surface area contributed by atoms with E-state index in [4.69, 9.17) is 9.47 Å². The van der Waals surface area contributed by atoms with Gasteiger partial charge in [0.1, 0.15) is 11.8 Å². The van der Waals surface area contributed by atoms with Crippen molar-refractivity contribution < 1.29 is 14.3 Å². The molecule has 1 rings (SSSR count). The quantitative estimate of drug-likeness (QED) is 0.711. The fourth-order valence-electron chi connectivity index (χ4n) is 2.42. The SMILES string of the molecule is CCCC[C@@H](N[C@H](C)Cc1ccccc1OC)C(=O)OC. The average Bonchev–Trinajstić information content (AvgIpc) is 2.51. The normalized spacial score (nSPS) is 13.5. The van der Waals surface area contributed by atoms with E-state index in [0.717, 1.165) is 37.0 Å². The molecule has 1 aromatic rings. The van der Waals surface area contributed by atoms with Crippen LogP contribution >= 0.6 is 0 Å². The minimum atomic E-state index is -0.236. The van der Waals surface area contributed by atoms with Crippen LogP contribution in [0.5, 0.6) is 5.75 Å². The molecule has 0 saturated heterocycles. The Kier molecular flexibility index (Phi) is 7.83. The van der Waals surface area contributed by atoms with Crippen molar-refractivity contribution in [1.82, 2.24) is 5.32 Å². The van der Waals surface area contributed by atoms with E-state index >= 15 is 0 Å². The number of methoxy groups -OCH3 is 2. The lowest BCUT2D eigenvalue weighted by Gasteiger charge is -2.22. The minimum absolute atomic E-state index is 0.169. The van der Waals surface area contributed by atoms with Crippen LogP contribution in [-0.2, 0) is 16.0 Å². The first-order valence-electron chi connectivity index (χ1n) is 7.58.